The monoisotopic (exact) mass is 196 g/mol. The zero-order valence-corrected chi connectivity index (χ0v) is 8.82. The van der Waals surface area contributed by atoms with E-state index in [1.165, 1.54) is 13.3 Å². The summed E-state index contributed by atoms with van der Waals surface area (Å²) in [6, 6.07) is 0. The summed E-state index contributed by atoms with van der Waals surface area (Å²) in [6.07, 6.45) is 3.25. The van der Waals surface area contributed by atoms with Crippen LogP contribution in [-0.2, 0) is 4.74 Å². The molecule has 0 heterocycles. The van der Waals surface area contributed by atoms with Crippen molar-refractivity contribution < 1.29 is 9.84 Å². The summed E-state index contributed by atoms with van der Waals surface area (Å²) in [5, 5.41) is 8.98. The van der Waals surface area contributed by atoms with Gasteiger partial charge in [-0.3, -0.25) is 4.99 Å². The first-order valence-electron chi connectivity index (χ1n) is 4.19. The van der Waals surface area contributed by atoms with E-state index in [0.29, 0.717) is 17.2 Å². The second-order valence-electron chi connectivity index (χ2n) is 2.47. The van der Waals surface area contributed by atoms with Gasteiger partial charge in [-0.05, 0) is 6.92 Å². The quantitative estimate of drug-likeness (QED) is 0.542. The van der Waals surface area contributed by atoms with Gasteiger partial charge in [0.05, 0.1) is 19.4 Å². The average Bonchev–Trinajstić information content (AvgIpc) is 2.18. The number of nitrogens with zero attached hydrogens (tertiary/aromatic N) is 2. The fourth-order valence-electron chi connectivity index (χ4n) is 0.839. The topological polar surface area (TPSA) is 54.2 Å². The van der Waals surface area contributed by atoms with Crippen molar-refractivity contribution in [3.05, 3.63) is 23.9 Å². The van der Waals surface area contributed by atoms with Crippen molar-refractivity contribution in [1.29, 1.82) is 0 Å². The van der Waals surface area contributed by atoms with Crippen molar-refractivity contribution in [3.8, 4) is 0 Å². The highest BCUT2D eigenvalue weighted by Gasteiger charge is 2.04. The van der Waals surface area contributed by atoms with Crippen LogP contribution in [-0.4, -0.2) is 38.0 Å². The highest BCUT2D eigenvalue weighted by Crippen LogP contribution is 2.01. The van der Waals surface area contributed by atoms with Crippen molar-refractivity contribution >= 4 is 12.1 Å². The molecule has 0 atom stereocenters. The fourth-order valence-corrected chi connectivity index (χ4v) is 0.839. The molecule has 0 aromatic carbocycles. The standard InChI is InChI=1S/C10H16N2O2/c1-5-9(7-13)10(14-4)12-8(2)6-11-3/h5-6,13H,2,7H2,1,3-4H3/b9-5-,11-6+,12-10+. The average molecular weight is 196 g/mol. The van der Waals surface area contributed by atoms with Crippen molar-refractivity contribution in [1.82, 2.24) is 0 Å². The molecule has 0 rings (SSSR count). The van der Waals surface area contributed by atoms with E-state index in [-0.39, 0.29) is 6.61 Å². The molecule has 0 bridgehead atoms. The molecule has 0 aliphatic rings. The van der Waals surface area contributed by atoms with E-state index in [9.17, 15) is 0 Å². The number of allylic oxidation sites excluding steroid dienone is 2. The zero-order chi connectivity index (χ0) is 11.0. The Morgan fingerprint density at radius 3 is 2.57 bits per heavy atom. The van der Waals surface area contributed by atoms with Crippen LogP contribution in [0.3, 0.4) is 0 Å². The Balaban J connectivity index is 4.79. The maximum atomic E-state index is 8.98. The molecule has 0 aromatic rings. The van der Waals surface area contributed by atoms with Gasteiger partial charge in [0.1, 0.15) is 0 Å². The lowest BCUT2D eigenvalue weighted by Gasteiger charge is -2.06. The molecule has 0 spiro atoms. The van der Waals surface area contributed by atoms with E-state index >= 15 is 0 Å². The molecule has 0 aromatic heterocycles. The molecule has 0 amide bonds. The Labute approximate surface area is 84.3 Å². The first-order valence-corrected chi connectivity index (χ1v) is 4.19. The summed E-state index contributed by atoms with van der Waals surface area (Å²) in [4.78, 5) is 7.81. The van der Waals surface area contributed by atoms with Crippen molar-refractivity contribution in [2.45, 2.75) is 6.92 Å². The van der Waals surface area contributed by atoms with Crippen LogP contribution in [0.15, 0.2) is 33.9 Å². The van der Waals surface area contributed by atoms with Crippen molar-refractivity contribution in [2.75, 3.05) is 20.8 Å². The number of hydrogen-bond donors (Lipinski definition) is 1. The van der Waals surface area contributed by atoms with Crippen LogP contribution < -0.4 is 0 Å². The zero-order valence-electron chi connectivity index (χ0n) is 8.82. The highest BCUT2D eigenvalue weighted by atomic mass is 16.5. The molecule has 0 saturated carbocycles. The molecular formula is C10H16N2O2. The van der Waals surface area contributed by atoms with E-state index in [1.807, 2.05) is 0 Å². The van der Waals surface area contributed by atoms with E-state index < -0.39 is 0 Å². The molecule has 0 unspecified atom stereocenters. The Kier molecular flexibility index (Phi) is 6.32. The summed E-state index contributed by atoms with van der Waals surface area (Å²) >= 11 is 0. The Morgan fingerprint density at radius 2 is 2.21 bits per heavy atom. The summed E-state index contributed by atoms with van der Waals surface area (Å²) in [5.74, 6) is 0.361. The van der Waals surface area contributed by atoms with Gasteiger partial charge in [0.25, 0.3) is 0 Å². The third kappa shape index (κ3) is 4.00. The molecule has 78 valence electrons. The predicted molar refractivity (Wildman–Crippen MR) is 58.8 cm³/mol. The van der Waals surface area contributed by atoms with E-state index in [4.69, 9.17) is 9.84 Å². The van der Waals surface area contributed by atoms with Gasteiger partial charge in [-0.25, -0.2) is 4.99 Å². The van der Waals surface area contributed by atoms with Crippen molar-refractivity contribution in [3.63, 3.8) is 0 Å². The summed E-state index contributed by atoms with van der Waals surface area (Å²) in [6.45, 7) is 5.35. The molecule has 0 aliphatic carbocycles. The van der Waals surface area contributed by atoms with Crippen LogP contribution in [0.25, 0.3) is 0 Å². The van der Waals surface area contributed by atoms with Crippen LogP contribution in [0, 0.1) is 0 Å². The largest absolute Gasteiger partial charge is 0.481 e. The van der Waals surface area contributed by atoms with Gasteiger partial charge >= 0.3 is 0 Å². The minimum atomic E-state index is -0.111. The minimum absolute atomic E-state index is 0.111. The molecule has 4 nitrogen and oxygen atoms in total. The van der Waals surface area contributed by atoms with Gasteiger partial charge in [-0.2, -0.15) is 0 Å². The van der Waals surface area contributed by atoms with E-state index in [0.717, 1.165) is 0 Å². The second-order valence-corrected chi connectivity index (χ2v) is 2.47. The molecule has 0 saturated heterocycles. The number of aliphatic hydroxyl groups excluding tert-OH is 1. The van der Waals surface area contributed by atoms with Crippen molar-refractivity contribution in [2.24, 2.45) is 9.98 Å². The van der Waals surface area contributed by atoms with Gasteiger partial charge in [0, 0.05) is 18.8 Å². The first kappa shape index (κ1) is 12.6. The summed E-state index contributed by atoms with van der Waals surface area (Å²) in [7, 11) is 3.13. The molecule has 1 N–H and O–H groups in total. The molecular weight excluding hydrogens is 180 g/mol. The van der Waals surface area contributed by atoms with Crippen LogP contribution in [0.1, 0.15) is 6.92 Å². The number of rotatable bonds is 4. The third-order valence-corrected chi connectivity index (χ3v) is 1.51. The molecule has 0 fully saturated rings. The second kappa shape index (κ2) is 7.03. The lowest BCUT2D eigenvalue weighted by Crippen LogP contribution is -2.09. The first-order chi connectivity index (χ1) is 6.69. The number of ether oxygens (including phenoxy) is 1. The number of aliphatic hydroxyl groups is 1. The number of aliphatic imine (C=N–C) groups is 2. The summed E-state index contributed by atoms with van der Waals surface area (Å²) in [5.41, 5.74) is 1.11. The van der Waals surface area contributed by atoms with Crippen LogP contribution in [0.2, 0.25) is 0 Å². The molecule has 0 radical (unpaired) electrons. The lowest BCUT2D eigenvalue weighted by molar-refractivity contribution is 0.325. The predicted octanol–water partition coefficient (Wildman–Crippen LogP) is 1.18. The van der Waals surface area contributed by atoms with E-state index in [2.05, 4.69) is 16.6 Å². The maximum Gasteiger partial charge on any atom is 0.218 e. The van der Waals surface area contributed by atoms with Gasteiger partial charge in [0.2, 0.25) is 5.90 Å². The van der Waals surface area contributed by atoms with Gasteiger partial charge in [-0.15, -0.1) is 0 Å². The number of hydrogen-bond acceptors (Lipinski definition) is 4. The smallest absolute Gasteiger partial charge is 0.218 e. The highest BCUT2D eigenvalue weighted by molar-refractivity contribution is 5.96. The van der Waals surface area contributed by atoms with Crippen LogP contribution >= 0.6 is 0 Å². The number of methoxy groups -OCH3 is 1. The SMILES string of the molecule is C=C(/C=N/C)/N=C(OC)\C(=C/C)CO. The summed E-state index contributed by atoms with van der Waals surface area (Å²) < 4.78 is 5.01. The lowest BCUT2D eigenvalue weighted by atomic mass is 10.2. The van der Waals surface area contributed by atoms with Crippen LogP contribution in [0.4, 0.5) is 0 Å². The third-order valence-electron chi connectivity index (χ3n) is 1.51. The van der Waals surface area contributed by atoms with E-state index in [1.54, 1.807) is 20.0 Å². The van der Waals surface area contributed by atoms with Crippen LogP contribution in [0.5, 0.6) is 0 Å². The minimum Gasteiger partial charge on any atom is -0.481 e. The Morgan fingerprint density at radius 1 is 1.57 bits per heavy atom. The molecule has 0 aliphatic heterocycles. The normalized spacial score (nSPS) is 13.4. The van der Waals surface area contributed by atoms with Gasteiger partial charge in [0.15, 0.2) is 0 Å². The Hall–Kier alpha value is -1.42. The molecule has 4 heteroatoms. The maximum absolute atomic E-state index is 8.98. The molecule has 14 heavy (non-hydrogen) atoms. The van der Waals surface area contributed by atoms with Gasteiger partial charge < -0.3 is 9.84 Å². The fraction of sp³-hybridized carbons (Fsp3) is 0.400. The Bertz CT molecular complexity index is 278. The van der Waals surface area contributed by atoms with Gasteiger partial charge in [-0.1, -0.05) is 12.7 Å².